The van der Waals surface area contributed by atoms with E-state index in [1.54, 1.807) is 0 Å². The molecular weight excluding hydrogens is 305 g/mol. The first-order chi connectivity index (χ1) is 9.99. The summed E-state index contributed by atoms with van der Waals surface area (Å²) < 4.78 is 46.6. The highest BCUT2D eigenvalue weighted by Crippen LogP contribution is 2.31. The number of rotatable bonds is 4. The molecule has 3 N–H and O–H groups in total. The summed E-state index contributed by atoms with van der Waals surface area (Å²) >= 11 is 5.50. The molecule has 2 rings (SSSR count). The van der Waals surface area contributed by atoms with Crippen molar-refractivity contribution in [2.45, 2.75) is 6.04 Å². The fraction of sp³-hybridized carbons (Fsp3) is 0.143. The molecular formula is C14H12ClF3N2O. The molecule has 0 aliphatic rings. The normalized spacial score (nSPS) is 12.3. The van der Waals surface area contributed by atoms with E-state index in [1.165, 1.54) is 25.3 Å². The maximum absolute atomic E-state index is 14.2. The van der Waals surface area contributed by atoms with Crippen molar-refractivity contribution in [2.75, 3.05) is 7.11 Å². The van der Waals surface area contributed by atoms with Gasteiger partial charge in [-0.3, -0.25) is 5.84 Å². The van der Waals surface area contributed by atoms with Crippen LogP contribution in [-0.2, 0) is 0 Å². The Labute approximate surface area is 124 Å². The van der Waals surface area contributed by atoms with Crippen molar-refractivity contribution in [1.82, 2.24) is 5.43 Å². The third kappa shape index (κ3) is 2.97. The minimum Gasteiger partial charge on any atom is -0.494 e. The monoisotopic (exact) mass is 316 g/mol. The Bertz CT molecular complexity index is 667. The molecule has 0 fully saturated rings. The molecule has 0 aliphatic heterocycles. The molecule has 21 heavy (non-hydrogen) atoms. The molecule has 0 heterocycles. The first-order valence-electron chi connectivity index (χ1n) is 5.92. The minimum absolute atomic E-state index is 0.0254. The SMILES string of the molecule is COc1cccc(C(NN)c2cc(F)c(Cl)cc2F)c1F. The highest BCUT2D eigenvalue weighted by Gasteiger charge is 2.23. The zero-order valence-electron chi connectivity index (χ0n) is 11.0. The fourth-order valence-corrected chi connectivity index (χ4v) is 2.16. The molecule has 2 aromatic rings. The van der Waals surface area contributed by atoms with Crippen molar-refractivity contribution < 1.29 is 17.9 Å². The Balaban J connectivity index is 2.57. The number of methoxy groups -OCH3 is 1. The maximum Gasteiger partial charge on any atom is 0.170 e. The van der Waals surface area contributed by atoms with Crippen molar-refractivity contribution in [2.24, 2.45) is 5.84 Å². The number of nitrogens with one attached hydrogen (secondary N) is 1. The molecule has 7 heteroatoms. The predicted octanol–water partition coefficient (Wildman–Crippen LogP) is 3.32. The summed E-state index contributed by atoms with van der Waals surface area (Å²) in [7, 11) is 1.30. The summed E-state index contributed by atoms with van der Waals surface area (Å²) in [4.78, 5) is 0. The van der Waals surface area contributed by atoms with Crippen LogP contribution in [0.2, 0.25) is 5.02 Å². The van der Waals surface area contributed by atoms with Gasteiger partial charge in [0.2, 0.25) is 0 Å². The second-order valence-corrected chi connectivity index (χ2v) is 4.66. The average Bonchev–Trinajstić information content (AvgIpc) is 2.46. The van der Waals surface area contributed by atoms with Crippen LogP contribution < -0.4 is 16.0 Å². The predicted molar refractivity (Wildman–Crippen MR) is 73.5 cm³/mol. The highest BCUT2D eigenvalue weighted by molar-refractivity contribution is 6.30. The van der Waals surface area contributed by atoms with E-state index >= 15 is 0 Å². The molecule has 2 aromatic carbocycles. The van der Waals surface area contributed by atoms with Gasteiger partial charge >= 0.3 is 0 Å². The van der Waals surface area contributed by atoms with Crippen LogP contribution in [0.5, 0.6) is 5.75 Å². The second-order valence-electron chi connectivity index (χ2n) is 4.25. The molecule has 0 amide bonds. The smallest absolute Gasteiger partial charge is 0.170 e. The molecule has 1 unspecified atom stereocenters. The van der Waals surface area contributed by atoms with E-state index in [2.05, 4.69) is 5.43 Å². The van der Waals surface area contributed by atoms with Gasteiger partial charge in [0.05, 0.1) is 18.2 Å². The summed E-state index contributed by atoms with van der Waals surface area (Å²) in [5, 5.41) is -0.363. The molecule has 0 bridgehead atoms. The lowest BCUT2D eigenvalue weighted by Crippen LogP contribution is -2.30. The van der Waals surface area contributed by atoms with Gasteiger partial charge in [-0.25, -0.2) is 18.6 Å². The van der Waals surface area contributed by atoms with Gasteiger partial charge in [0.25, 0.3) is 0 Å². The van der Waals surface area contributed by atoms with Gasteiger partial charge in [0, 0.05) is 11.1 Å². The van der Waals surface area contributed by atoms with Crippen LogP contribution in [0.3, 0.4) is 0 Å². The number of ether oxygens (including phenoxy) is 1. The lowest BCUT2D eigenvalue weighted by atomic mass is 9.98. The third-order valence-electron chi connectivity index (χ3n) is 3.04. The van der Waals surface area contributed by atoms with Crippen LogP contribution in [0.4, 0.5) is 13.2 Å². The fourth-order valence-electron chi connectivity index (χ4n) is 2.01. The van der Waals surface area contributed by atoms with Crippen molar-refractivity contribution in [3.05, 3.63) is 63.9 Å². The number of hydrogen-bond donors (Lipinski definition) is 2. The summed E-state index contributed by atoms with van der Waals surface area (Å²) in [5.41, 5.74) is 2.13. The van der Waals surface area contributed by atoms with Crippen molar-refractivity contribution in [3.63, 3.8) is 0 Å². The summed E-state index contributed by atoms with van der Waals surface area (Å²) in [6, 6.07) is 4.92. The molecule has 0 saturated heterocycles. The van der Waals surface area contributed by atoms with E-state index in [9.17, 15) is 13.2 Å². The minimum atomic E-state index is -1.09. The van der Waals surface area contributed by atoms with Crippen molar-refractivity contribution in [3.8, 4) is 5.75 Å². The Morgan fingerprint density at radius 1 is 1.14 bits per heavy atom. The Morgan fingerprint density at radius 3 is 2.48 bits per heavy atom. The molecule has 3 nitrogen and oxygen atoms in total. The molecule has 0 saturated carbocycles. The molecule has 0 aromatic heterocycles. The van der Waals surface area contributed by atoms with Gasteiger partial charge in [0.1, 0.15) is 11.6 Å². The number of benzene rings is 2. The Morgan fingerprint density at radius 2 is 1.86 bits per heavy atom. The topological polar surface area (TPSA) is 47.3 Å². The summed E-state index contributed by atoms with van der Waals surface area (Å²) in [6.07, 6.45) is 0. The Kier molecular flexibility index (Phi) is 4.72. The molecule has 1 atom stereocenters. The third-order valence-corrected chi connectivity index (χ3v) is 3.33. The van der Waals surface area contributed by atoms with Crippen LogP contribution in [-0.4, -0.2) is 7.11 Å². The van der Waals surface area contributed by atoms with Crippen LogP contribution in [0.1, 0.15) is 17.2 Å². The first-order valence-corrected chi connectivity index (χ1v) is 6.30. The largest absolute Gasteiger partial charge is 0.494 e. The van der Waals surface area contributed by atoms with E-state index in [0.29, 0.717) is 0 Å². The van der Waals surface area contributed by atoms with Crippen LogP contribution in [0.25, 0.3) is 0 Å². The second kappa shape index (κ2) is 6.34. The van der Waals surface area contributed by atoms with Crippen LogP contribution >= 0.6 is 11.6 Å². The lowest BCUT2D eigenvalue weighted by Gasteiger charge is -2.19. The quantitative estimate of drug-likeness (QED) is 0.517. The van der Waals surface area contributed by atoms with E-state index in [0.717, 1.165) is 12.1 Å². The zero-order valence-corrected chi connectivity index (χ0v) is 11.7. The van der Waals surface area contributed by atoms with Gasteiger partial charge < -0.3 is 4.74 Å². The van der Waals surface area contributed by atoms with Crippen molar-refractivity contribution in [1.29, 1.82) is 0 Å². The number of halogens is 4. The van der Waals surface area contributed by atoms with Gasteiger partial charge in [-0.15, -0.1) is 0 Å². The first kappa shape index (κ1) is 15.6. The van der Waals surface area contributed by atoms with E-state index in [1.807, 2.05) is 0 Å². The Hall–Kier alpha value is -1.76. The standard InChI is InChI=1S/C14H12ClF3N2O/c1-21-12-4-2-3-7(13(12)18)14(20-19)8-5-11(17)9(15)6-10(8)16/h2-6,14,20H,19H2,1H3. The van der Waals surface area contributed by atoms with Gasteiger partial charge in [-0.1, -0.05) is 23.7 Å². The van der Waals surface area contributed by atoms with Crippen LogP contribution in [0, 0.1) is 17.5 Å². The molecule has 0 radical (unpaired) electrons. The number of hydrogen-bond acceptors (Lipinski definition) is 3. The van der Waals surface area contributed by atoms with Gasteiger partial charge in [0.15, 0.2) is 11.6 Å². The van der Waals surface area contributed by atoms with E-state index < -0.39 is 23.5 Å². The summed E-state index contributed by atoms with van der Waals surface area (Å²) in [6.45, 7) is 0. The van der Waals surface area contributed by atoms with Crippen LogP contribution in [0.15, 0.2) is 30.3 Å². The van der Waals surface area contributed by atoms with Gasteiger partial charge in [-0.2, -0.15) is 0 Å². The summed E-state index contributed by atoms with van der Waals surface area (Å²) in [5.74, 6) is 3.02. The highest BCUT2D eigenvalue weighted by atomic mass is 35.5. The molecule has 0 spiro atoms. The number of nitrogens with two attached hydrogens (primary N) is 1. The van der Waals surface area contributed by atoms with E-state index in [-0.39, 0.29) is 21.9 Å². The number of hydrazine groups is 1. The lowest BCUT2D eigenvalue weighted by molar-refractivity contribution is 0.381. The average molecular weight is 317 g/mol. The van der Waals surface area contributed by atoms with Crippen molar-refractivity contribution >= 4 is 11.6 Å². The molecule has 0 aliphatic carbocycles. The van der Waals surface area contributed by atoms with E-state index in [4.69, 9.17) is 22.2 Å². The zero-order chi connectivity index (χ0) is 15.6. The maximum atomic E-state index is 14.2. The van der Waals surface area contributed by atoms with Gasteiger partial charge in [-0.05, 0) is 18.2 Å². The molecule has 112 valence electrons.